The molecule has 1 N–H and O–H groups in total. The summed E-state index contributed by atoms with van der Waals surface area (Å²) in [6, 6.07) is 11.3. The van der Waals surface area contributed by atoms with Gasteiger partial charge < -0.3 is 14.6 Å². The molecule has 1 atom stereocenters. The smallest absolute Gasteiger partial charge is 0.205 e. The molecule has 0 amide bonds. The van der Waals surface area contributed by atoms with Gasteiger partial charge in [0.1, 0.15) is 11.9 Å². The number of hydrogen-bond acceptors (Lipinski definition) is 6. The zero-order valence-corrected chi connectivity index (χ0v) is 13.8. The van der Waals surface area contributed by atoms with E-state index in [1.807, 2.05) is 0 Å². The molecule has 0 bridgehead atoms. The molecular weight excluding hydrogens is 327 g/mol. The van der Waals surface area contributed by atoms with E-state index in [1.54, 1.807) is 37.4 Å². The minimum absolute atomic E-state index is 0.0127. The fourth-order valence-corrected chi connectivity index (χ4v) is 2.41. The van der Waals surface area contributed by atoms with Crippen LogP contribution < -0.4 is 9.47 Å². The van der Waals surface area contributed by atoms with Gasteiger partial charge in [-0.15, -0.1) is 10.2 Å². The van der Waals surface area contributed by atoms with E-state index in [2.05, 4.69) is 15.4 Å². The van der Waals surface area contributed by atoms with E-state index in [4.69, 9.17) is 9.47 Å². The molecule has 0 spiro atoms. The van der Waals surface area contributed by atoms with E-state index >= 15 is 0 Å². The molecule has 25 heavy (non-hydrogen) atoms. The van der Waals surface area contributed by atoms with E-state index in [0.717, 1.165) is 0 Å². The Bertz CT molecular complexity index is 869. The summed E-state index contributed by atoms with van der Waals surface area (Å²) in [5.74, 6) is 1.02. The molecule has 0 aliphatic rings. The molecule has 3 aromatic rings. The molecule has 0 saturated carbocycles. The Hall–Kier alpha value is -3.00. The number of halogens is 1. The van der Waals surface area contributed by atoms with Crippen molar-refractivity contribution in [2.45, 2.75) is 12.6 Å². The highest BCUT2D eigenvalue weighted by Gasteiger charge is 2.16. The van der Waals surface area contributed by atoms with E-state index in [1.165, 1.54) is 24.0 Å². The van der Waals surface area contributed by atoms with E-state index < -0.39 is 11.9 Å². The number of aromatic nitrogens is 4. The van der Waals surface area contributed by atoms with Gasteiger partial charge in [-0.3, -0.25) is 0 Å². The third-order valence-corrected chi connectivity index (χ3v) is 3.70. The van der Waals surface area contributed by atoms with E-state index in [0.29, 0.717) is 22.9 Å². The number of benzene rings is 2. The lowest BCUT2D eigenvalue weighted by molar-refractivity contribution is 0.140. The quantitative estimate of drug-likeness (QED) is 0.738. The summed E-state index contributed by atoms with van der Waals surface area (Å²) in [5.41, 5.74) is 0.872. The van der Waals surface area contributed by atoms with Crippen LogP contribution in [0.2, 0.25) is 0 Å². The zero-order valence-electron chi connectivity index (χ0n) is 13.8. The van der Waals surface area contributed by atoms with Crippen molar-refractivity contribution in [3.63, 3.8) is 0 Å². The first-order chi connectivity index (χ1) is 12.1. The second-order valence-electron chi connectivity index (χ2n) is 5.27. The number of nitrogens with zero attached hydrogens (tertiary/aromatic N) is 4. The minimum Gasteiger partial charge on any atom is -0.493 e. The molecule has 0 aliphatic carbocycles. The van der Waals surface area contributed by atoms with Crippen LogP contribution >= 0.6 is 0 Å². The Morgan fingerprint density at radius 1 is 1.12 bits per heavy atom. The first-order valence-corrected chi connectivity index (χ1v) is 7.55. The van der Waals surface area contributed by atoms with Gasteiger partial charge in [0.05, 0.1) is 20.8 Å². The molecule has 8 heteroatoms. The summed E-state index contributed by atoms with van der Waals surface area (Å²) in [6.07, 6.45) is -1.08. The SMILES string of the molecule is COc1ccc(-c2nnn(CC(O)c3ccccc3F)n2)cc1OC. The Balaban J connectivity index is 1.80. The minimum atomic E-state index is -1.08. The number of rotatable bonds is 6. The molecule has 2 aromatic carbocycles. The lowest BCUT2D eigenvalue weighted by atomic mass is 10.1. The number of hydrogen-bond donors (Lipinski definition) is 1. The third-order valence-electron chi connectivity index (χ3n) is 3.70. The van der Waals surface area contributed by atoms with E-state index in [9.17, 15) is 9.50 Å². The summed E-state index contributed by atoms with van der Waals surface area (Å²) in [5, 5.41) is 22.3. The van der Waals surface area contributed by atoms with Crippen molar-refractivity contribution in [1.29, 1.82) is 0 Å². The van der Waals surface area contributed by atoms with Crippen LogP contribution in [0.3, 0.4) is 0 Å². The molecule has 3 rings (SSSR count). The molecule has 0 aliphatic heterocycles. The highest BCUT2D eigenvalue weighted by atomic mass is 19.1. The van der Waals surface area contributed by atoms with Gasteiger partial charge in [-0.1, -0.05) is 18.2 Å². The van der Waals surface area contributed by atoms with Gasteiger partial charge in [0.25, 0.3) is 0 Å². The number of ether oxygens (including phenoxy) is 2. The Labute approximate surface area is 143 Å². The van der Waals surface area contributed by atoms with Crippen molar-refractivity contribution in [2.24, 2.45) is 0 Å². The Morgan fingerprint density at radius 3 is 2.60 bits per heavy atom. The van der Waals surface area contributed by atoms with Crippen molar-refractivity contribution in [3.05, 3.63) is 53.8 Å². The topological polar surface area (TPSA) is 82.3 Å². The maximum Gasteiger partial charge on any atom is 0.205 e. The monoisotopic (exact) mass is 344 g/mol. The van der Waals surface area contributed by atoms with Gasteiger partial charge >= 0.3 is 0 Å². The van der Waals surface area contributed by atoms with Crippen molar-refractivity contribution in [1.82, 2.24) is 20.2 Å². The summed E-state index contributed by atoms with van der Waals surface area (Å²) in [4.78, 5) is 1.23. The highest BCUT2D eigenvalue weighted by molar-refractivity contribution is 5.60. The van der Waals surface area contributed by atoms with Crippen LogP contribution in [0.25, 0.3) is 11.4 Å². The van der Waals surface area contributed by atoms with E-state index in [-0.39, 0.29) is 12.1 Å². The standard InChI is InChI=1S/C17H17FN4O3/c1-24-15-8-7-11(9-16(15)25-2)17-19-21-22(20-17)10-14(23)12-5-3-4-6-13(12)18/h3-9,14,23H,10H2,1-2H3. The zero-order chi connectivity index (χ0) is 17.8. The third kappa shape index (κ3) is 3.58. The average molecular weight is 344 g/mol. The summed E-state index contributed by atoms with van der Waals surface area (Å²) >= 11 is 0. The van der Waals surface area contributed by atoms with Crippen molar-refractivity contribution in [3.8, 4) is 22.9 Å². The van der Waals surface area contributed by atoms with Crippen LogP contribution in [0.1, 0.15) is 11.7 Å². The lowest BCUT2D eigenvalue weighted by Gasteiger charge is -2.10. The maximum absolute atomic E-state index is 13.7. The number of aliphatic hydroxyl groups is 1. The van der Waals surface area contributed by atoms with Gasteiger partial charge in [0.2, 0.25) is 5.82 Å². The number of tetrazole rings is 1. The molecule has 1 aromatic heterocycles. The first kappa shape index (κ1) is 16.8. The Morgan fingerprint density at radius 2 is 1.88 bits per heavy atom. The molecule has 1 unspecified atom stereocenters. The molecule has 130 valence electrons. The average Bonchev–Trinajstić information content (AvgIpc) is 3.09. The summed E-state index contributed by atoms with van der Waals surface area (Å²) < 4.78 is 24.2. The van der Waals surface area contributed by atoms with Crippen LogP contribution in [0.5, 0.6) is 11.5 Å². The van der Waals surface area contributed by atoms with Crippen LogP contribution in [0, 0.1) is 5.82 Å². The summed E-state index contributed by atoms with van der Waals surface area (Å²) in [7, 11) is 3.09. The van der Waals surface area contributed by atoms with Crippen LogP contribution in [0.4, 0.5) is 4.39 Å². The second kappa shape index (κ2) is 7.27. The molecule has 7 nitrogen and oxygen atoms in total. The second-order valence-corrected chi connectivity index (χ2v) is 5.27. The predicted molar refractivity (Wildman–Crippen MR) is 87.7 cm³/mol. The van der Waals surface area contributed by atoms with Gasteiger partial charge in [0.15, 0.2) is 11.5 Å². The van der Waals surface area contributed by atoms with Crippen LogP contribution in [0.15, 0.2) is 42.5 Å². The van der Waals surface area contributed by atoms with Crippen molar-refractivity contribution >= 4 is 0 Å². The maximum atomic E-state index is 13.7. The summed E-state index contributed by atoms with van der Waals surface area (Å²) in [6.45, 7) is -0.0127. The van der Waals surface area contributed by atoms with Gasteiger partial charge in [-0.2, -0.15) is 4.80 Å². The van der Waals surface area contributed by atoms with Crippen molar-refractivity contribution in [2.75, 3.05) is 14.2 Å². The van der Waals surface area contributed by atoms with Gasteiger partial charge in [-0.25, -0.2) is 4.39 Å². The van der Waals surface area contributed by atoms with Crippen LogP contribution in [-0.4, -0.2) is 39.5 Å². The highest BCUT2D eigenvalue weighted by Crippen LogP contribution is 2.30. The molecular formula is C17H17FN4O3. The number of aliphatic hydroxyl groups excluding tert-OH is 1. The molecule has 0 saturated heterocycles. The fraction of sp³-hybridized carbons (Fsp3) is 0.235. The largest absolute Gasteiger partial charge is 0.493 e. The van der Waals surface area contributed by atoms with Gasteiger partial charge in [0, 0.05) is 11.1 Å². The predicted octanol–water partition coefficient (Wildman–Crippen LogP) is 2.23. The van der Waals surface area contributed by atoms with Crippen molar-refractivity contribution < 1.29 is 19.0 Å². The lowest BCUT2D eigenvalue weighted by Crippen LogP contribution is -2.12. The first-order valence-electron chi connectivity index (χ1n) is 7.55. The van der Waals surface area contributed by atoms with Gasteiger partial charge in [-0.05, 0) is 29.5 Å². The molecule has 0 radical (unpaired) electrons. The molecule has 1 heterocycles. The normalized spacial score (nSPS) is 12.0. The number of methoxy groups -OCH3 is 2. The van der Waals surface area contributed by atoms with Crippen LogP contribution in [-0.2, 0) is 6.54 Å². The fourth-order valence-electron chi connectivity index (χ4n) is 2.41. The Kier molecular flexibility index (Phi) is 4.90. The molecule has 0 fully saturated rings.